The van der Waals surface area contributed by atoms with Gasteiger partial charge in [-0.25, -0.2) is 0 Å². The van der Waals surface area contributed by atoms with Crippen molar-refractivity contribution in [2.75, 3.05) is 6.61 Å². The van der Waals surface area contributed by atoms with E-state index in [4.69, 9.17) is 16.7 Å². The number of benzene rings is 2. The van der Waals surface area contributed by atoms with E-state index >= 15 is 0 Å². The van der Waals surface area contributed by atoms with Gasteiger partial charge in [-0.2, -0.15) is 0 Å². The molecule has 0 heterocycles. The molecule has 24 heavy (non-hydrogen) atoms. The molecule has 0 aliphatic heterocycles. The molecule has 1 atom stereocenters. The molecule has 2 N–H and O–H groups in total. The summed E-state index contributed by atoms with van der Waals surface area (Å²) in [6, 6.07) is 11.5. The third-order valence-corrected chi connectivity index (χ3v) is 4.98. The first-order chi connectivity index (χ1) is 11.6. The molecule has 1 aliphatic carbocycles. The summed E-state index contributed by atoms with van der Waals surface area (Å²) in [5, 5.41) is 19.1. The number of aliphatic hydroxyl groups is 2. The van der Waals surface area contributed by atoms with E-state index in [1.165, 1.54) is 29.5 Å². The van der Waals surface area contributed by atoms with E-state index < -0.39 is 18.5 Å². The maximum Gasteiger partial charge on any atom is 0.193 e. The quantitative estimate of drug-likeness (QED) is 0.818. The van der Waals surface area contributed by atoms with Gasteiger partial charge in [0.25, 0.3) is 0 Å². The molecule has 4 heteroatoms. The lowest BCUT2D eigenvalue weighted by Crippen LogP contribution is -2.24. The first-order valence-electron chi connectivity index (χ1n) is 8.30. The third kappa shape index (κ3) is 3.69. The van der Waals surface area contributed by atoms with E-state index in [-0.39, 0.29) is 0 Å². The third-order valence-electron chi connectivity index (χ3n) is 4.61. The molecular formula is C20H21ClO3. The number of hydrogen-bond acceptors (Lipinski definition) is 3. The Morgan fingerprint density at radius 2 is 1.83 bits per heavy atom. The van der Waals surface area contributed by atoms with E-state index in [1.807, 2.05) is 0 Å². The number of rotatable bonds is 5. The highest BCUT2D eigenvalue weighted by molar-refractivity contribution is 6.31. The Morgan fingerprint density at radius 1 is 1.08 bits per heavy atom. The lowest BCUT2D eigenvalue weighted by atomic mass is 9.89. The van der Waals surface area contributed by atoms with Crippen molar-refractivity contribution >= 4 is 17.4 Å². The molecule has 0 radical (unpaired) electrons. The minimum absolute atomic E-state index is 0.369. The second-order valence-corrected chi connectivity index (χ2v) is 6.76. The summed E-state index contributed by atoms with van der Waals surface area (Å²) in [5.74, 6) is -0.485. The van der Waals surface area contributed by atoms with Gasteiger partial charge >= 0.3 is 0 Å². The molecule has 0 spiro atoms. The molecule has 1 unspecified atom stereocenters. The van der Waals surface area contributed by atoms with Crippen LogP contribution in [-0.4, -0.2) is 28.7 Å². The number of hydrogen-bond donors (Lipinski definition) is 2. The summed E-state index contributed by atoms with van der Waals surface area (Å²) >= 11 is 6.28. The smallest absolute Gasteiger partial charge is 0.193 e. The number of Topliss-reactive ketones (excluding diaryl/α,β-unsaturated/α-hetero) is 1. The van der Waals surface area contributed by atoms with Crippen LogP contribution in [-0.2, 0) is 19.3 Å². The Morgan fingerprint density at radius 3 is 2.58 bits per heavy atom. The van der Waals surface area contributed by atoms with E-state index in [9.17, 15) is 9.90 Å². The van der Waals surface area contributed by atoms with Crippen molar-refractivity contribution in [3.05, 3.63) is 69.2 Å². The van der Waals surface area contributed by atoms with Crippen LogP contribution in [0.2, 0.25) is 5.02 Å². The van der Waals surface area contributed by atoms with Gasteiger partial charge in [-0.3, -0.25) is 4.79 Å². The molecule has 3 nitrogen and oxygen atoms in total. The number of ketones is 1. The standard InChI is InChI=1S/C20H21ClO3/c21-18-8-7-16(20(24)19(23)12-22)11-17(18)10-13-5-6-14-3-1-2-4-15(14)9-13/h5-9,11,19,22-23H,1-4,10,12H2. The van der Waals surface area contributed by atoms with Gasteiger partial charge in [0.1, 0.15) is 6.10 Å². The lowest BCUT2D eigenvalue weighted by molar-refractivity contribution is 0.0587. The van der Waals surface area contributed by atoms with Crippen molar-refractivity contribution in [1.29, 1.82) is 0 Å². The number of aliphatic hydroxyl groups excluding tert-OH is 2. The lowest BCUT2D eigenvalue weighted by Gasteiger charge is -2.17. The maximum absolute atomic E-state index is 12.0. The second kappa shape index (κ2) is 7.47. The van der Waals surface area contributed by atoms with Gasteiger partial charge in [-0.1, -0.05) is 29.8 Å². The van der Waals surface area contributed by atoms with E-state index in [0.29, 0.717) is 17.0 Å². The van der Waals surface area contributed by atoms with E-state index in [1.54, 1.807) is 18.2 Å². The first kappa shape index (κ1) is 17.2. The fraction of sp³-hybridized carbons (Fsp3) is 0.350. The zero-order valence-electron chi connectivity index (χ0n) is 13.5. The number of carbonyl (C=O) groups excluding carboxylic acids is 1. The summed E-state index contributed by atoms with van der Waals surface area (Å²) in [7, 11) is 0. The van der Waals surface area contributed by atoms with Crippen LogP contribution >= 0.6 is 11.6 Å². The monoisotopic (exact) mass is 344 g/mol. The Kier molecular flexibility index (Phi) is 5.34. The normalized spacial score (nSPS) is 15.0. The van der Waals surface area contributed by atoms with Crippen LogP contribution in [0.15, 0.2) is 36.4 Å². The molecule has 3 rings (SSSR count). The molecule has 2 aromatic carbocycles. The van der Waals surface area contributed by atoms with Crippen molar-refractivity contribution in [2.24, 2.45) is 0 Å². The predicted molar refractivity (Wildman–Crippen MR) is 94.8 cm³/mol. The highest BCUT2D eigenvalue weighted by atomic mass is 35.5. The molecule has 0 amide bonds. The van der Waals surface area contributed by atoms with Crippen LogP contribution in [0.5, 0.6) is 0 Å². The molecule has 1 aliphatic rings. The highest BCUT2D eigenvalue weighted by Crippen LogP contribution is 2.26. The fourth-order valence-corrected chi connectivity index (χ4v) is 3.44. The van der Waals surface area contributed by atoms with Crippen LogP contribution in [0.4, 0.5) is 0 Å². The van der Waals surface area contributed by atoms with Crippen LogP contribution in [0.1, 0.15) is 45.5 Å². The first-order valence-corrected chi connectivity index (χ1v) is 8.68. The van der Waals surface area contributed by atoms with Gasteiger partial charge < -0.3 is 10.2 Å². The summed E-state index contributed by atoms with van der Waals surface area (Å²) in [4.78, 5) is 12.0. The van der Waals surface area contributed by atoms with E-state index in [2.05, 4.69) is 18.2 Å². The average Bonchev–Trinajstić information content (AvgIpc) is 2.62. The SMILES string of the molecule is O=C(c1ccc(Cl)c(Cc2ccc3c(c2)CCCC3)c1)C(O)CO. The number of fused-ring (bicyclic) bond motifs is 1. The van der Waals surface area contributed by atoms with Gasteiger partial charge in [-0.15, -0.1) is 0 Å². The highest BCUT2D eigenvalue weighted by Gasteiger charge is 2.17. The number of aryl methyl sites for hydroxylation is 2. The largest absolute Gasteiger partial charge is 0.393 e. The molecule has 2 aromatic rings. The zero-order chi connectivity index (χ0) is 17.1. The van der Waals surface area contributed by atoms with Crippen LogP contribution < -0.4 is 0 Å². The Balaban J connectivity index is 1.85. The van der Waals surface area contributed by atoms with Gasteiger partial charge in [0.2, 0.25) is 0 Å². The molecule has 0 aromatic heterocycles. The van der Waals surface area contributed by atoms with Crippen molar-refractivity contribution in [2.45, 2.75) is 38.2 Å². The molecular weight excluding hydrogens is 324 g/mol. The van der Waals surface area contributed by atoms with Crippen molar-refractivity contribution < 1.29 is 15.0 Å². The van der Waals surface area contributed by atoms with Crippen molar-refractivity contribution in [3.63, 3.8) is 0 Å². The molecule has 126 valence electrons. The maximum atomic E-state index is 12.0. The van der Waals surface area contributed by atoms with Crippen LogP contribution in [0.25, 0.3) is 0 Å². The Hall–Kier alpha value is -1.68. The number of carbonyl (C=O) groups is 1. The molecule has 0 saturated heterocycles. The van der Waals surface area contributed by atoms with Crippen LogP contribution in [0.3, 0.4) is 0 Å². The summed E-state index contributed by atoms with van der Waals surface area (Å²) in [6.45, 7) is -0.582. The van der Waals surface area contributed by atoms with Crippen LogP contribution in [0, 0.1) is 0 Å². The topological polar surface area (TPSA) is 57.5 Å². The zero-order valence-corrected chi connectivity index (χ0v) is 14.2. The molecule has 0 bridgehead atoms. The van der Waals surface area contributed by atoms with Gasteiger partial charge in [-0.05, 0) is 72.6 Å². The predicted octanol–water partition coefficient (Wildman–Crippen LogP) is 3.35. The second-order valence-electron chi connectivity index (χ2n) is 6.36. The Bertz CT molecular complexity index is 755. The van der Waals surface area contributed by atoms with Crippen molar-refractivity contribution in [3.8, 4) is 0 Å². The molecule has 0 saturated carbocycles. The average molecular weight is 345 g/mol. The Labute approximate surface area is 146 Å². The summed E-state index contributed by atoms with van der Waals surface area (Å²) in [5.41, 5.74) is 5.24. The number of halogens is 1. The minimum atomic E-state index is -1.39. The summed E-state index contributed by atoms with van der Waals surface area (Å²) in [6.07, 6.45) is 4.03. The van der Waals surface area contributed by atoms with Crippen molar-refractivity contribution in [1.82, 2.24) is 0 Å². The van der Waals surface area contributed by atoms with Gasteiger partial charge in [0.15, 0.2) is 5.78 Å². The summed E-state index contributed by atoms with van der Waals surface area (Å²) < 4.78 is 0. The van der Waals surface area contributed by atoms with E-state index in [0.717, 1.165) is 18.4 Å². The van der Waals surface area contributed by atoms with Gasteiger partial charge in [0.05, 0.1) is 6.61 Å². The molecule has 0 fully saturated rings. The minimum Gasteiger partial charge on any atom is -0.393 e. The fourth-order valence-electron chi connectivity index (χ4n) is 3.26. The van der Waals surface area contributed by atoms with Gasteiger partial charge in [0, 0.05) is 10.6 Å².